The third-order valence-electron chi connectivity index (χ3n) is 6.43. The summed E-state index contributed by atoms with van der Waals surface area (Å²) in [5, 5.41) is 20.8. The third-order valence-corrected chi connectivity index (χ3v) is 6.43. The molecule has 12 heteroatoms. The molecular formula is C30H60O12. The molecule has 1 rings (SSSR count). The highest BCUT2D eigenvalue weighted by molar-refractivity contribution is 4.91. The van der Waals surface area contributed by atoms with E-state index in [4.69, 9.17) is 47.4 Å². The van der Waals surface area contributed by atoms with Crippen molar-refractivity contribution >= 4 is 0 Å². The maximum atomic E-state index is 10.9. The van der Waals surface area contributed by atoms with Crippen LogP contribution in [0.1, 0.15) is 59.3 Å². The summed E-state index contributed by atoms with van der Waals surface area (Å²) >= 11 is 0. The summed E-state index contributed by atoms with van der Waals surface area (Å²) in [5.74, 6) is 0. The molecule has 1 unspecified atom stereocenters. The van der Waals surface area contributed by atoms with E-state index in [1.54, 1.807) is 0 Å². The van der Waals surface area contributed by atoms with E-state index in [1.165, 1.54) is 0 Å². The van der Waals surface area contributed by atoms with Gasteiger partial charge in [0.25, 0.3) is 0 Å². The Labute approximate surface area is 253 Å². The lowest BCUT2D eigenvalue weighted by molar-refractivity contribution is -0.319. The van der Waals surface area contributed by atoms with Gasteiger partial charge in [0, 0.05) is 19.8 Å². The Morgan fingerprint density at radius 2 is 0.833 bits per heavy atom. The second kappa shape index (κ2) is 29.2. The molecule has 1 fully saturated rings. The zero-order chi connectivity index (χ0) is 30.5. The van der Waals surface area contributed by atoms with Crippen LogP contribution in [0.3, 0.4) is 0 Å². The van der Waals surface area contributed by atoms with Gasteiger partial charge in [-0.2, -0.15) is 0 Å². The Balaban J connectivity index is 2.56. The van der Waals surface area contributed by atoms with E-state index in [1.807, 2.05) is 0 Å². The predicted molar refractivity (Wildman–Crippen MR) is 157 cm³/mol. The Kier molecular flexibility index (Phi) is 27.5. The first-order valence-corrected chi connectivity index (χ1v) is 15.9. The molecule has 1 aliphatic heterocycles. The Hall–Kier alpha value is -0.480. The fourth-order valence-electron chi connectivity index (χ4n) is 3.96. The number of ether oxygens (including phenoxy) is 10. The summed E-state index contributed by atoms with van der Waals surface area (Å²) in [7, 11) is 0. The van der Waals surface area contributed by atoms with Crippen molar-refractivity contribution in [3.05, 3.63) is 0 Å². The number of aliphatic hydroxyl groups excluding tert-OH is 2. The van der Waals surface area contributed by atoms with Gasteiger partial charge < -0.3 is 57.6 Å². The summed E-state index contributed by atoms with van der Waals surface area (Å²) in [6.07, 6.45) is 1.88. The minimum atomic E-state index is -1.12. The summed E-state index contributed by atoms with van der Waals surface area (Å²) in [6.45, 7) is 12.7. The van der Waals surface area contributed by atoms with E-state index in [2.05, 4.69) is 20.8 Å². The van der Waals surface area contributed by atoms with Crippen molar-refractivity contribution in [3.63, 3.8) is 0 Å². The number of hydrogen-bond donors (Lipinski definition) is 2. The molecule has 0 spiro atoms. The number of hydrogen-bond acceptors (Lipinski definition) is 12. The molecule has 12 nitrogen and oxygen atoms in total. The van der Waals surface area contributed by atoms with Crippen molar-refractivity contribution in [2.24, 2.45) is 0 Å². The Morgan fingerprint density at radius 1 is 0.476 bits per heavy atom. The van der Waals surface area contributed by atoms with E-state index >= 15 is 0 Å². The molecule has 42 heavy (non-hydrogen) atoms. The van der Waals surface area contributed by atoms with Crippen LogP contribution in [0.4, 0.5) is 0 Å². The molecule has 1 saturated heterocycles. The topological polar surface area (TPSA) is 133 Å². The monoisotopic (exact) mass is 612 g/mol. The number of rotatable bonds is 31. The van der Waals surface area contributed by atoms with E-state index < -0.39 is 37.3 Å². The van der Waals surface area contributed by atoms with Gasteiger partial charge in [0.15, 0.2) is 6.29 Å². The normalized spacial score (nSPS) is 22.6. The zero-order valence-corrected chi connectivity index (χ0v) is 26.4. The maximum Gasteiger partial charge on any atom is 0.187 e. The highest BCUT2D eigenvalue weighted by atomic mass is 16.7. The molecule has 0 aromatic rings. The van der Waals surface area contributed by atoms with Gasteiger partial charge in [0.05, 0.1) is 85.9 Å². The average molecular weight is 613 g/mol. The quantitative estimate of drug-likeness (QED) is 0.111. The second-order valence-corrected chi connectivity index (χ2v) is 9.99. The van der Waals surface area contributed by atoms with E-state index in [0.717, 1.165) is 58.3 Å². The van der Waals surface area contributed by atoms with Crippen LogP contribution in [0.15, 0.2) is 0 Å². The van der Waals surface area contributed by atoms with Gasteiger partial charge >= 0.3 is 0 Å². The average Bonchev–Trinajstić information content (AvgIpc) is 3.00. The van der Waals surface area contributed by atoms with Gasteiger partial charge in [-0.15, -0.1) is 0 Å². The third kappa shape index (κ3) is 19.7. The van der Waals surface area contributed by atoms with Crippen LogP contribution in [-0.4, -0.2) is 147 Å². The predicted octanol–water partition coefficient (Wildman–Crippen LogP) is 2.35. The summed E-state index contributed by atoms with van der Waals surface area (Å²) < 4.78 is 57.3. The number of aliphatic hydroxyl groups is 2. The van der Waals surface area contributed by atoms with E-state index in [-0.39, 0.29) is 19.8 Å². The van der Waals surface area contributed by atoms with Crippen molar-refractivity contribution in [3.8, 4) is 0 Å². The van der Waals surface area contributed by atoms with Crippen LogP contribution in [0.2, 0.25) is 0 Å². The van der Waals surface area contributed by atoms with Gasteiger partial charge in [-0.05, 0) is 19.3 Å². The summed E-state index contributed by atoms with van der Waals surface area (Å²) in [4.78, 5) is 0. The van der Waals surface area contributed by atoms with Crippen LogP contribution in [0, 0.1) is 0 Å². The van der Waals surface area contributed by atoms with Gasteiger partial charge in [-0.25, -0.2) is 0 Å². The minimum absolute atomic E-state index is 0.216. The first-order valence-electron chi connectivity index (χ1n) is 15.9. The van der Waals surface area contributed by atoms with Crippen LogP contribution >= 0.6 is 0 Å². The molecule has 0 aromatic carbocycles. The molecule has 1 aliphatic rings. The zero-order valence-electron chi connectivity index (χ0n) is 26.4. The van der Waals surface area contributed by atoms with Crippen LogP contribution in [-0.2, 0) is 47.4 Å². The van der Waals surface area contributed by atoms with Crippen molar-refractivity contribution in [2.45, 2.75) is 90.0 Å². The first-order chi connectivity index (χ1) is 20.7. The minimum Gasteiger partial charge on any atom is -0.394 e. The van der Waals surface area contributed by atoms with Gasteiger partial charge in [0.1, 0.15) is 24.4 Å². The summed E-state index contributed by atoms with van der Waals surface area (Å²) in [5.41, 5.74) is 0. The van der Waals surface area contributed by atoms with Gasteiger partial charge in [-0.3, -0.25) is 0 Å². The fourth-order valence-corrected chi connectivity index (χ4v) is 3.96. The smallest absolute Gasteiger partial charge is 0.187 e. The highest BCUT2D eigenvalue weighted by Gasteiger charge is 2.47. The van der Waals surface area contributed by atoms with Crippen molar-refractivity contribution < 1.29 is 57.6 Å². The lowest BCUT2D eigenvalue weighted by atomic mass is 9.98. The molecule has 0 amide bonds. The van der Waals surface area contributed by atoms with Crippen molar-refractivity contribution in [1.82, 2.24) is 0 Å². The molecule has 5 atom stereocenters. The molecular weight excluding hydrogens is 552 g/mol. The van der Waals surface area contributed by atoms with Crippen LogP contribution in [0.25, 0.3) is 0 Å². The maximum absolute atomic E-state index is 10.9. The van der Waals surface area contributed by atoms with E-state index in [9.17, 15) is 10.2 Å². The fraction of sp³-hybridized carbons (Fsp3) is 1.00. The lowest BCUT2D eigenvalue weighted by Crippen LogP contribution is -2.61. The molecule has 0 radical (unpaired) electrons. The summed E-state index contributed by atoms with van der Waals surface area (Å²) in [6, 6.07) is 0. The van der Waals surface area contributed by atoms with Crippen molar-refractivity contribution in [1.29, 1.82) is 0 Å². The largest absolute Gasteiger partial charge is 0.394 e. The molecule has 0 aromatic heterocycles. The van der Waals surface area contributed by atoms with Gasteiger partial charge in [-0.1, -0.05) is 40.0 Å². The SMILES string of the molecule is CCCCOCCOCCOC1O[C@H](CO)[C@@H](O)[C@H](OCCOCCOCCCC)[C@H]1OCCOCCOCCCC. The Morgan fingerprint density at radius 3 is 1.24 bits per heavy atom. The highest BCUT2D eigenvalue weighted by Crippen LogP contribution is 2.27. The standard InChI is InChI=1S/C30H60O12/c1-4-7-10-33-13-16-36-19-22-39-28-27(32)26(25-31)42-30(41-24-21-38-18-15-35-12-9-6-3)29(28)40-23-20-37-17-14-34-11-8-5-2/h26-32H,4-25H2,1-3H3/t26-,27-,28+,29-,30?/m1/s1. The molecule has 0 aliphatic carbocycles. The molecule has 1 heterocycles. The molecule has 0 saturated carbocycles. The van der Waals surface area contributed by atoms with E-state index in [0.29, 0.717) is 59.5 Å². The van der Waals surface area contributed by atoms with Crippen LogP contribution in [0.5, 0.6) is 0 Å². The lowest BCUT2D eigenvalue weighted by Gasteiger charge is -2.43. The molecule has 2 N–H and O–H groups in total. The number of unbranched alkanes of at least 4 members (excludes halogenated alkanes) is 3. The van der Waals surface area contributed by atoms with Gasteiger partial charge in [0.2, 0.25) is 0 Å². The Bertz CT molecular complexity index is 558. The van der Waals surface area contributed by atoms with Crippen molar-refractivity contribution in [2.75, 3.05) is 106 Å². The molecule has 0 bridgehead atoms. The second-order valence-electron chi connectivity index (χ2n) is 9.99. The van der Waals surface area contributed by atoms with Crippen LogP contribution < -0.4 is 0 Å². The first kappa shape index (κ1) is 39.5. The molecule has 252 valence electrons.